The van der Waals surface area contributed by atoms with Crippen molar-refractivity contribution in [3.8, 4) is 11.5 Å². The van der Waals surface area contributed by atoms with Crippen LogP contribution in [0.15, 0.2) is 48.5 Å². The first kappa shape index (κ1) is 17.1. The van der Waals surface area contributed by atoms with Gasteiger partial charge in [0.2, 0.25) is 5.91 Å². The van der Waals surface area contributed by atoms with Crippen LogP contribution in [0.4, 0.5) is 5.69 Å². The van der Waals surface area contributed by atoms with Crippen molar-refractivity contribution in [2.24, 2.45) is 0 Å². The first-order chi connectivity index (χ1) is 11.5. The summed E-state index contributed by atoms with van der Waals surface area (Å²) in [7, 11) is 0. The largest absolute Gasteiger partial charge is 0.504 e. The quantitative estimate of drug-likeness (QED) is 0.708. The minimum Gasteiger partial charge on any atom is -0.504 e. The van der Waals surface area contributed by atoms with E-state index in [0.717, 1.165) is 0 Å². The van der Waals surface area contributed by atoms with E-state index in [2.05, 4.69) is 5.32 Å². The molecule has 2 aromatic carbocycles. The average Bonchev–Trinajstić information content (AvgIpc) is 2.56. The number of ether oxygens (including phenoxy) is 1. The van der Waals surface area contributed by atoms with Crippen LogP contribution >= 0.6 is 0 Å². The number of carboxylic acids is 1. The summed E-state index contributed by atoms with van der Waals surface area (Å²) >= 11 is 0. The van der Waals surface area contributed by atoms with Gasteiger partial charge in [0.25, 0.3) is 0 Å². The SMILES string of the molecule is CCOc1c(O)cccc1C=CC(=O)Nc1ccccc1C(=O)O. The van der Waals surface area contributed by atoms with Gasteiger partial charge in [0, 0.05) is 11.6 Å². The lowest BCUT2D eigenvalue weighted by Crippen LogP contribution is -2.11. The van der Waals surface area contributed by atoms with Crippen LogP contribution in [0.2, 0.25) is 0 Å². The van der Waals surface area contributed by atoms with E-state index in [9.17, 15) is 14.7 Å². The van der Waals surface area contributed by atoms with Crippen molar-refractivity contribution in [2.75, 3.05) is 11.9 Å². The number of phenols is 1. The summed E-state index contributed by atoms with van der Waals surface area (Å²) in [6.45, 7) is 2.16. The molecule has 0 aliphatic carbocycles. The third kappa shape index (κ3) is 4.13. The minimum atomic E-state index is -1.12. The monoisotopic (exact) mass is 327 g/mol. The summed E-state index contributed by atoms with van der Waals surface area (Å²) in [5, 5.41) is 21.4. The van der Waals surface area contributed by atoms with E-state index in [1.807, 2.05) is 0 Å². The Bertz CT molecular complexity index is 783. The highest BCUT2D eigenvalue weighted by Gasteiger charge is 2.11. The highest BCUT2D eigenvalue weighted by molar-refractivity contribution is 6.06. The Morgan fingerprint density at radius 2 is 1.92 bits per heavy atom. The molecule has 24 heavy (non-hydrogen) atoms. The molecule has 6 heteroatoms. The molecule has 0 radical (unpaired) electrons. The molecule has 0 unspecified atom stereocenters. The van der Waals surface area contributed by atoms with Crippen LogP contribution in [0.25, 0.3) is 6.08 Å². The number of phenolic OH excluding ortho intramolecular Hbond substituents is 1. The predicted octanol–water partition coefficient (Wildman–Crippen LogP) is 3.14. The molecule has 0 bridgehead atoms. The second kappa shape index (κ2) is 7.82. The minimum absolute atomic E-state index is 0.00612. The maximum Gasteiger partial charge on any atom is 0.337 e. The zero-order chi connectivity index (χ0) is 17.5. The van der Waals surface area contributed by atoms with E-state index < -0.39 is 11.9 Å². The predicted molar refractivity (Wildman–Crippen MR) is 90.3 cm³/mol. The van der Waals surface area contributed by atoms with Crippen molar-refractivity contribution in [3.63, 3.8) is 0 Å². The molecule has 3 N–H and O–H groups in total. The number of aromatic carboxylic acids is 1. The van der Waals surface area contributed by atoms with Gasteiger partial charge in [-0.25, -0.2) is 4.79 Å². The summed E-state index contributed by atoms with van der Waals surface area (Å²) in [6.07, 6.45) is 2.74. The Labute approximate surface area is 139 Å². The van der Waals surface area contributed by atoms with E-state index in [-0.39, 0.29) is 22.7 Å². The van der Waals surface area contributed by atoms with Gasteiger partial charge < -0.3 is 20.3 Å². The number of aromatic hydroxyl groups is 1. The number of nitrogens with one attached hydrogen (secondary N) is 1. The van der Waals surface area contributed by atoms with Gasteiger partial charge >= 0.3 is 5.97 Å². The smallest absolute Gasteiger partial charge is 0.337 e. The highest BCUT2D eigenvalue weighted by Crippen LogP contribution is 2.30. The van der Waals surface area contributed by atoms with Gasteiger partial charge in [-0.1, -0.05) is 24.3 Å². The van der Waals surface area contributed by atoms with Crippen molar-refractivity contribution in [1.29, 1.82) is 0 Å². The molecular formula is C18H17NO5. The van der Waals surface area contributed by atoms with Gasteiger partial charge in [-0.2, -0.15) is 0 Å². The van der Waals surface area contributed by atoms with Crippen LogP contribution in [0.5, 0.6) is 11.5 Å². The molecule has 0 aromatic heterocycles. The molecule has 0 spiro atoms. The van der Waals surface area contributed by atoms with Crippen molar-refractivity contribution < 1.29 is 24.5 Å². The number of carbonyl (C=O) groups excluding carboxylic acids is 1. The molecule has 0 saturated heterocycles. The summed E-state index contributed by atoms with van der Waals surface area (Å²) in [4.78, 5) is 23.1. The molecule has 0 fully saturated rings. The molecule has 0 saturated carbocycles. The topological polar surface area (TPSA) is 95.9 Å². The van der Waals surface area contributed by atoms with Crippen molar-refractivity contribution in [3.05, 3.63) is 59.7 Å². The number of anilines is 1. The Morgan fingerprint density at radius 3 is 2.62 bits per heavy atom. The molecule has 0 atom stereocenters. The van der Waals surface area contributed by atoms with Crippen molar-refractivity contribution in [2.45, 2.75) is 6.92 Å². The number of benzene rings is 2. The second-order valence-corrected chi connectivity index (χ2v) is 4.80. The first-order valence-corrected chi connectivity index (χ1v) is 7.29. The van der Waals surface area contributed by atoms with Crippen LogP contribution in [-0.4, -0.2) is 28.7 Å². The molecule has 0 heterocycles. The maximum absolute atomic E-state index is 12.0. The summed E-state index contributed by atoms with van der Waals surface area (Å²) in [5.41, 5.74) is 0.755. The van der Waals surface area contributed by atoms with Crippen LogP contribution in [0, 0.1) is 0 Å². The second-order valence-electron chi connectivity index (χ2n) is 4.80. The normalized spacial score (nSPS) is 10.5. The number of amides is 1. The Balaban J connectivity index is 2.18. The van der Waals surface area contributed by atoms with E-state index in [0.29, 0.717) is 12.2 Å². The lowest BCUT2D eigenvalue weighted by Gasteiger charge is -2.09. The molecule has 124 valence electrons. The van der Waals surface area contributed by atoms with Gasteiger partial charge in [-0.3, -0.25) is 4.79 Å². The molecular weight excluding hydrogens is 310 g/mol. The van der Waals surface area contributed by atoms with Crippen LogP contribution < -0.4 is 10.1 Å². The van der Waals surface area contributed by atoms with Gasteiger partial charge in [0.1, 0.15) is 0 Å². The lowest BCUT2D eigenvalue weighted by atomic mass is 10.1. The number of hydrogen-bond acceptors (Lipinski definition) is 4. The molecule has 6 nitrogen and oxygen atoms in total. The van der Waals surface area contributed by atoms with Gasteiger partial charge in [0.15, 0.2) is 11.5 Å². The molecule has 2 aromatic rings. The molecule has 0 aliphatic heterocycles. The number of hydrogen-bond donors (Lipinski definition) is 3. The fourth-order valence-electron chi connectivity index (χ4n) is 2.09. The van der Waals surface area contributed by atoms with Gasteiger partial charge in [-0.15, -0.1) is 0 Å². The first-order valence-electron chi connectivity index (χ1n) is 7.29. The summed E-state index contributed by atoms with van der Waals surface area (Å²) in [6, 6.07) is 10.9. The van der Waals surface area contributed by atoms with Crippen LogP contribution in [0.1, 0.15) is 22.8 Å². The molecule has 2 rings (SSSR count). The van der Waals surface area contributed by atoms with Crippen molar-refractivity contribution >= 4 is 23.6 Å². The zero-order valence-electron chi connectivity index (χ0n) is 13.0. The number of carboxylic acid groups (broad SMARTS) is 1. The Hall–Kier alpha value is -3.28. The van der Waals surface area contributed by atoms with E-state index >= 15 is 0 Å². The Morgan fingerprint density at radius 1 is 1.17 bits per heavy atom. The van der Waals surface area contributed by atoms with Crippen LogP contribution in [0.3, 0.4) is 0 Å². The molecule has 1 amide bonds. The number of carbonyl (C=O) groups is 2. The lowest BCUT2D eigenvalue weighted by molar-refractivity contribution is -0.111. The zero-order valence-corrected chi connectivity index (χ0v) is 13.0. The highest BCUT2D eigenvalue weighted by atomic mass is 16.5. The van der Waals surface area contributed by atoms with Crippen molar-refractivity contribution in [1.82, 2.24) is 0 Å². The third-order valence-corrected chi connectivity index (χ3v) is 3.14. The Kier molecular flexibility index (Phi) is 5.57. The number of rotatable bonds is 6. The third-order valence-electron chi connectivity index (χ3n) is 3.14. The van der Waals surface area contributed by atoms with E-state index in [4.69, 9.17) is 9.84 Å². The molecule has 0 aliphatic rings. The van der Waals surface area contributed by atoms with E-state index in [1.165, 1.54) is 30.4 Å². The fourth-order valence-corrected chi connectivity index (χ4v) is 2.09. The van der Waals surface area contributed by atoms with Gasteiger partial charge in [0.05, 0.1) is 17.9 Å². The van der Waals surface area contributed by atoms with Gasteiger partial charge in [-0.05, 0) is 31.2 Å². The number of para-hydroxylation sites is 2. The summed E-state index contributed by atoms with van der Waals surface area (Å²) < 4.78 is 5.36. The van der Waals surface area contributed by atoms with E-state index in [1.54, 1.807) is 31.2 Å². The fraction of sp³-hybridized carbons (Fsp3) is 0.111. The summed E-state index contributed by atoms with van der Waals surface area (Å²) in [5.74, 6) is -1.35. The maximum atomic E-state index is 12.0. The average molecular weight is 327 g/mol. The standard InChI is InChI=1S/C18H17NO5/c1-2-24-17-12(6-5-9-15(17)20)10-11-16(21)19-14-8-4-3-7-13(14)18(22)23/h3-11,20H,2H2,1H3,(H,19,21)(H,22,23). The van der Waals surface area contributed by atoms with Crippen LogP contribution in [-0.2, 0) is 4.79 Å².